The van der Waals surface area contributed by atoms with Gasteiger partial charge in [-0.3, -0.25) is 4.72 Å². The van der Waals surface area contributed by atoms with E-state index in [9.17, 15) is 13.2 Å². The van der Waals surface area contributed by atoms with Crippen LogP contribution in [0.5, 0.6) is 0 Å². The number of aromatic nitrogens is 2. The highest BCUT2D eigenvalue weighted by Crippen LogP contribution is 2.16. The number of anilines is 2. The molecule has 0 fully saturated rings. The standard InChI is InChI=1S/C12H12N4O4S/c1-20-11(17)8-2-4-9(5-3-8)16-21(18,19)10-6-14-12(13)15-7-10/h2-7,16H,1H3,(H2,13,14,15). The summed E-state index contributed by atoms with van der Waals surface area (Å²) < 4.78 is 31.0. The van der Waals surface area contributed by atoms with Crippen molar-refractivity contribution in [2.24, 2.45) is 0 Å². The van der Waals surface area contributed by atoms with Crippen molar-refractivity contribution in [2.45, 2.75) is 4.90 Å². The number of ether oxygens (including phenoxy) is 1. The number of benzene rings is 1. The third-order valence-corrected chi connectivity index (χ3v) is 3.85. The lowest BCUT2D eigenvalue weighted by molar-refractivity contribution is 0.0601. The SMILES string of the molecule is COC(=O)c1ccc(NS(=O)(=O)c2cnc(N)nc2)cc1. The Hall–Kier alpha value is -2.68. The van der Waals surface area contributed by atoms with E-state index in [0.717, 1.165) is 12.4 Å². The first-order valence-electron chi connectivity index (χ1n) is 5.71. The van der Waals surface area contributed by atoms with Gasteiger partial charge in [0, 0.05) is 5.69 Å². The second-order valence-corrected chi connectivity index (χ2v) is 5.63. The maximum absolute atomic E-state index is 12.1. The molecule has 0 aliphatic heterocycles. The molecule has 8 nitrogen and oxygen atoms in total. The quantitative estimate of drug-likeness (QED) is 0.794. The van der Waals surface area contributed by atoms with Gasteiger partial charge in [0.25, 0.3) is 10.0 Å². The Labute approximate surface area is 121 Å². The van der Waals surface area contributed by atoms with Crippen molar-refractivity contribution in [1.82, 2.24) is 9.97 Å². The van der Waals surface area contributed by atoms with Crippen LogP contribution in [-0.4, -0.2) is 31.5 Å². The molecule has 0 unspecified atom stereocenters. The molecule has 2 aromatic rings. The van der Waals surface area contributed by atoms with Gasteiger partial charge in [-0.15, -0.1) is 0 Å². The Kier molecular flexibility index (Phi) is 4.03. The van der Waals surface area contributed by atoms with E-state index < -0.39 is 16.0 Å². The minimum absolute atomic E-state index is 0.0172. The number of esters is 1. The van der Waals surface area contributed by atoms with E-state index in [-0.39, 0.29) is 10.8 Å². The molecule has 110 valence electrons. The van der Waals surface area contributed by atoms with Crippen molar-refractivity contribution in [1.29, 1.82) is 0 Å². The predicted octanol–water partition coefficient (Wildman–Crippen LogP) is 0.646. The second kappa shape index (κ2) is 5.75. The number of nitrogens with one attached hydrogen (secondary N) is 1. The van der Waals surface area contributed by atoms with Crippen LogP contribution in [0.25, 0.3) is 0 Å². The molecular weight excluding hydrogens is 296 g/mol. The summed E-state index contributed by atoms with van der Waals surface area (Å²) >= 11 is 0. The fourth-order valence-electron chi connectivity index (χ4n) is 1.47. The van der Waals surface area contributed by atoms with Crippen molar-refractivity contribution >= 4 is 27.6 Å². The third kappa shape index (κ3) is 3.45. The van der Waals surface area contributed by atoms with Gasteiger partial charge in [-0.05, 0) is 24.3 Å². The molecule has 0 aliphatic rings. The summed E-state index contributed by atoms with van der Waals surface area (Å²) in [6.07, 6.45) is 2.21. The first kappa shape index (κ1) is 14.7. The number of sulfonamides is 1. The van der Waals surface area contributed by atoms with Crippen LogP contribution in [0.2, 0.25) is 0 Å². The Morgan fingerprint density at radius 2 is 1.76 bits per heavy atom. The molecule has 3 N–H and O–H groups in total. The minimum atomic E-state index is -3.82. The molecule has 1 aromatic carbocycles. The van der Waals surface area contributed by atoms with Crippen LogP contribution in [0.4, 0.5) is 11.6 Å². The zero-order valence-electron chi connectivity index (χ0n) is 11.0. The van der Waals surface area contributed by atoms with Crippen LogP contribution in [0.1, 0.15) is 10.4 Å². The van der Waals surface area contributed by atoms with Gasteiger partial charge in [-0.2, -0.15) is 0 Å². The molecule has 0 aliphatic carbocycles. The summed E-state index contributed by atoms with van der Waals surface area (Å²) in [6, 6.07) is 5.79. The Balaban J connectivity index is 2.20. The lowest BCUT2D eigenvalue weighted by atomic mass is 10.2. The second-order valence-electron chi connectivity index (χ2n) is 3.95. The smallest absolute Gasteiger partial charge is 0.337 e. The number of rotatable bonds is 4. The van der Waals surface area contributed by atoms with E-state index in [1.807, 2.05) is 0 Å². The molecule has 0 saturated heterocycles. The van der Waals surface area contributed by atoms with E-state index >= 15 is 0 Å². The molecule has 1 heterocycles. The van der Waals surface area contributed by atoms with Crippen molar-refractivity contribution in [3.63, 3.8) is 0 Å². The molecule has 0 spiro atoms. The van der Waals surface area contributed by atoms with E-state index in [1.165, 1.54) is 31.4 Å². The van der Waals surface area contributed by atoms with E-state index in [1.54, 1.807) is 0 Å². The lowest BCUT2D eigenvalue weighted by Crippen LogP contribution is -2.14. The number of hydrogen-bond acceptors (Lipinski definition) is 7. The predicted molar refractivity (Wildman–Crippen MR) is 75.0 cm³/mol. The maximum Gasteiger partial charge on any atom is 0.337 e. The van der Waals surface area contributed by atoms with E-state index in [2.05, 4.69) is 19.4 Å². The number of nitrogens with zero attached hydrogens (tertiary/aromatic N) is 2. The normalized spacial score (nSPS) is 10.9. The average molecular weight is 308 g/mol. The van der Waals surface area contributed by atoms with Gasteiger partial charge in [0.15, 0.2) is 0 Å². The first-order chi connectivity index (χ1) is 9.92. The molecular formula is C12H12N4O4S. The number of methoxy groups -OCH3 is 1. The van der Waals surface area contributed by atoms with Crippen LogP contribution in [0.3, 0.4) is 0 Å². The van der Waals surface area contributed by atoms with Gasteiger partial charge in [0.05, 0.1) is 25.1 Å². The van der Waals surface area contributed by atoms with Gasteiger partial charge < -0.3 is 10.5 Å². The van der Waals surface area contributed by atoms with E-state index in [4.69, 9.17) is 5.73 Å². The highest BCUT2D eigenvalue weighted by atomic mass is 32.2. The number of nitrogen functional groups attached to an aromatic ring is 1. The fraction of sp³-hybridized carbons (Fsp3) is 0.0833. The number of hydrogen-bond donors (Lipinski definition) is 2. The van der Waals surface area contributed by atoms with Crippen LogP contribution in [0, 0.1) is 0 Å². The maximum atomic E-state index is 12.1. The van der Waals surface area contributed by atoms with Gasteiger partial charge in [-0.25, -0.2) is 23.2 Å². The van der Waals surface area contributed by atoms with Crippen LogP contribution >= 0.6 is 0 Å². The lowest BCUT2D eigenvalue weighted by Gasteiger charge is -2.08. The van der Waals surface area contributed by atoms with Gasteiger partial charge in [0.1, 0.15) is 4.90 Å². The van der Waals surface area contributed by atoms with Crippen LogP contribution in [0.15, 0.2) is 41.6 Å². The topological polar surface area (TPSA) is 124 Å². The van der Waals surface area contributed by atoms with Gasteiger partial charge >= 0.3 is 5.97 Å². The van der Waals surface area contributed by atoms with Crippen molar-refractivity contribution in [3.05, 3.63) is 42.2 Å². The summed E-state index contributed by atoms with van der Waals surface area (Å²) in [5, 5.41) is 0. The van der Waals surface area contributed by atoms with Crippen molar-refractivity contribution in [3.8, 4) is 0 Å². The molecule has 9 heteroatoms. The molecule has 21 heavy (non-hydrogen) atoms. The number of carbonyl (C=O) groups is 1. The number of carbonyl (C=O) groups excluding carboxylic acids is 1. The largest absolute Gasteiger partial charge is 0.465 e. The molecule has 0 bridgehead atoms. The summed E-state index contributed by atoms with van der Waals surface area (Å²) in [4.78, 5) is 18.4. The molecule has 2 rings (SSSR count). The van der Waals surface area contributed by atoms with E-state index in [0.29, 0.717) is 11.3 Å². The highest BCUT2D eigenvalue weighted by molar-refractivity contribution is 7.92. The van der Waals surface area contributed by atoms with Gasteiger partial charge in [-0.1, -0.05) is 0 Å². The summed E-state index contributed by atoms with van der Waals surface area (Å²) in [6.45, 7) is 0. The van der Waals surface area contributed by atoms with Crippen molar-refractivity contribution in [2.75, 3.05) is 17.6 Å². The Bertz CT molecular complexity index is 742. The average Bonchev–Trinajstić information content (AvgIpc) is 2.47. The minimum Gasteiger partial charge on any atom is -0.465 e. The molecule has 0 amide bonds. The zero-order valence-corrected chi connectivity index (χ0v) is 11.8. The zero-order chi connectivity index (χ0) is 15.5. The molecule has 1 aromatic heterocycles. The molecule has 0 atom stereocenters. The van der Waals surface area contributed by atoms with Gasteiger partial charge in [0.2, 0.25) is 5.95 Å². The Morgan fingerprint density at radius 3 is 2.29 bits per heavy atom. The fourth-order valence-corrected chi connectivity index (χ4v) is 2.42. The Morgan fingerprint density at radius 1 is 1.19 bits per heavy atom. The summed E-state index contributed by atoms with van der Waals surface area (Å²) in [5.41, 5.74) is 5.91. The summed E-state index contributed by atoms with van der Waals surface area (Å²) in [5.74, 6) is -0.521. The molecule has 0 radical (unpaired) electrons. The number of nitrogens with two attached hydrogens (primary N) is 1. The first-order valence-corrected chi connectivity index (χ1v) is 7.19. The monoisotopic (exact) mass is 308 g/mol. The highest BCUT2D eigenvalue weighted by Gasteiger charge is 2.15. The van der Waals surface area contributed by atoms with Crippen molar-refractivity contribution < 1.29 is 17.9 Å². The molecule has 0 saturated carbocycles. The summed E-state index contributed by atoms with van der Waals surface area (Å²) in [7, 11) is -2.55. The van der Waals surface area contributed by atoms with Crippen LogP contribution in [-0.2, 0) is 14.8 Å². The van der Waals surface area contributed by atoms with Crippen LogP contribution < -0.4 is 10.5 Å². The third-order valence-electron chi connectivity index (χ3n) is 2.52.